The quantitative estimate of drug-likeness (QED) is 0.512. The molecule has 0 aliphatic carbocycles. The standard InChI is InChI=1S/C7H10ClN/c1-5-3-6(2)9-7(8)4-5/h3-4,6,9H,1-2H3. The minimum absolute atomic E-state index is 0.377. The Morgan fingerprint density at radius 2 is 2.33 bits per heavy atom. The molecule has 0 aromatic carbocycles. The minimum Gasteiger partial charge on any atom is -0.370 e. The zero-order chi connectivity index (χ0) is 6.85. The molecule has 1 unspecified atom stereocenters. The molecule has 0 saturated heterocycles. The van der Waals surface area contributed by atoms with Crippen molar-refractivity contribution in [3.05, 3.63) is 22.9 Å². The molecule has 0 radical (unpaired) electrons. The van der Waals surface area contributed by atoms with Gasteiger partial charge in [0.2, 0.25) is 0 Å². The lowest BCUT2D eigenvalue weighted by atomic mass is 10.1. The normalized spacial score (nSPS) is 26.3. The molecule has 9 heavy (non-hydrogen) atoms. The molecule has 0 saturated carbocycles. The number of nitrogens with one attached hydrogen (secondary N) is 1. The summed E-state index contributed by atoms with van der Waals surface area (Å²) in [6, 6.07) is 0.377. The molecule has 0 fully saturated rings. The number of halogens is 1. The van der Waals surface area contributed by atoms with Gasteiger partial charge in [0.25, 0.3) is 0 Å². The Labute approximate surface area is 60.4 Å². The fourth-order valence-electron chi connectivity index (χ4n) is 0.943. The van der Waals surface area contributed by atoms with Crippen molar-refractivity contribution in [1.82, 2.24) is 5.32 Å². The Morgan fingerprint density at radius 1 is 1.67 bits per heavy atom. The first-order valence-corrected chi connectivity index (χ1v) is 3.38. The van der Waals surface area contributed by atoms with Gasteiger partial charge >= 0.3 is 0 Å². The fraction of sp³-hybridized carbons (Fsp3) is 0.429. The smallest absolute Gasteiger partial charge is 0.102 e. The Balaban J connectivity index is 2.74. The number of rotatable bonds is 0. The van der Waals surface area contributed by atoms with Crippen LogP contribution in [-0.2, 0) is 0 Å². The maximum absolute atomic E-state index is 5.72. The van der Waals surface area contributed by atoms with Crippen LogP contribution < -0.4 is 5.32 Å². The van der Waals surface area contributed by atoms with Gasteiger partial charge in [0.1, 0.15) is 5.16 Å². The van der Waals surface area contributed by atoms with E-state index in [9.17, 15) is 0 Å². The van der Waals surface area contributed by atoms with Gasteiger partial charge in [0.15, 0.2) is 0 Å². The van der Waals surface area contributed by atoms with Crippen molar-refractivity contribution in [3.63, 3.8) is 0 Å². The monoisotopic (exact) mass is 143 g/mol. The van der Waals surface area contributed by atoms with E-state index in [1.807, 2.05) is 13.0 Å². The van der Waals surface area contributed by atoms with Crippen LogP contribution in [0.5, 0.6) is 0 Å². The molecule has 1 rings (SSSR count). The molecule has 1 aliphatic rings. The van der Waals surface area contributed by atoms with Crippen molar-refractivity contribution < 1.29 is 0 Å². The Hall–Kier alpha value is -0.430. The average molecular weight is 144 g/mol. The lowest BCUT2D eigenvalue weighted by Gasteiger charge is -2.15. The molecule has 1 nitrogen and oxygen atoms in total. The highest BCUT2D eigenvalue weighted by atomic mass is 35.5. The molecule has 0 aromatic rings. The summed E-state index contributed by atoms with van der Waals surface area (Å²) < 4.78 is 0. The van der Waals surface area contributed by atoms with Crippen molar-refractivity contribution in [1.29, 1.82) is 0 Å². The molecule has 1 aliphatic heterocycles. The zero-order valence-corrected chi connectivity index (χ0v) is 6.37. The van der Waals surface area contributed by atoms with E-state index in [1.165, 1.54) is 5.57 Å². The third kappa shape index (κ3) is 1.75. The van der Waals surface area contributed by atoms with Crippen molar-refractivity contribution in [2.75, 3.05) is 0 Å². The fourth-order valence-corrected chi connectivity index (χ4v) is 1.29. The van der Waals surface area contributed by atoms with E-state index in [0.29, 0.717) is 6.04 Å². The third-order valence-corrected chi connectivity index (χ3v) is 1.45. The van der Waals surface area contributed by atoms with E-state index < -0.39 is 0 Å². The van der Waals surface area contributed by atoms with Crippen molar-refractivity contribution in [3.8, 4) is 0 Å². The number of allylic oxidation sites excluding steroid dienone is 2. The van der Waals surface area contributed by atoms with Gasteiger partial charge < -0.3 is 5.32 Å². The average Bonchev–Trinajstić information content (AvgIpc) is 1.59. The predicted octanol–water partition coefficient (Wildman–Crippen LogP) is 2.00. The largest absolute Gasteiger partial charge is 0.370 e. The Kier molecular flexibility index (Phi) is 1.81. The van der Waals surface area contributed by atoms with Gasteiger partial charge in [-0.25, -0.2) is 0 Å². The van der Waals surface area contributed by atoms with Gasteiger partial charge in [-0.15, -0.1) is 0 Å². The molecule has 1 heterocycles. The van der Waals surface area contributed by atoms with Gasteiger partial charge in [-0.1, -0.05) is 23.3 Å². The van der Waals surface area contributed by atoms with Crippen LogP contribution in [0.1, 0.15) is 13.8 Å². The molecule has 2 heteroatoms. The maximum atomic E-state index is 5.72. The van der Waals surface area contributed by atoms with E-state index in [4.69, 9.17) is 11.6 Å². The number of dihydropyridines is 1. The highest BCUT2D eigenvalue weighted by Gasteiger charge is 2.03. The van der Waals surface area contributed by atoms with Crippen LogP contribution in [0.15, 0.2) is 22.9 Å². The number of hydrogen-bond acceptors (Lipinski definition) is 1. The molecule has 0 amide bonds. The maximum Gasteiger partial charge on any atom is 0.102 e. The first kappa shape index (κ1) is 6.69. The van der Waals surface area contributed by atoms with Crippen molar-refractivity contribution in [2.45, 2.75) is 19.9 Å². The SMILES string of the molecule is CC1=CC(C)NC(Cl)=C1. The van der Waals surface area contributed by atoms with Crippen LogP contribution in [-0.4, -0.2) is 6.04 Å². The second-order valence-corrected chi connectivity index (χ2v) is 2.74. The van der Waals surface area contributed by atoms with Crippen LogP contribution in [0.4, 0.5) is 0 Å². The van der Waals surface area contributed by atoms with Gasteiger partial charge in [-0.2, -0.15) is 0 Å². The van der Waals surface area contributed by atoms with Crippen molar-refractivity contribution in [2.24, 2.45) is 0 Å². The molecule has 0 aromatic heterocycles. The first-order chi connectivity index (χ1) is 4.18. The van der Waals surface area contributed by atoms with Crippen LogP contribution in [0.25, 0.3) is 0 Å². The molecular weight excluding hydrogens is 134 g/mol. The highest BCUT2D eigenvalue weighted by Crippen LogP contribution is 2.11. The second-order valence-electron chi connectivity index (χ2n) is 2.34. The summed E-state index contributed by atoms with van der Waals surface area (Å²) in [4.78, 5) is 0. The van der Waals surface area contributed by atoms with E-state index in [-0.39, 0.29) is 0 Å². The second kappa shape index (κ2) is 2.44. The Bertz CT molecular complexity index is 170. The zero-order valence-electron chi connectivity index (χ0n) is 5.61. The highest BCUT2D eigenvalue weighted by molar-refractivity contribution is 6.29. The third-order valence-electron chi connectivity index (χ3n) is 1.23. The summed E-state index contributed by atoms with van der Waals surface area (Å²) >= 11 is 5.72. The summed E-state index contributed by atoms with van der Waals surface area (Å²) in [5, 5.41) is 3.80. The molecule has 50 valence electrons. The molecular formula is C7H10ClN. The van der Waals surface area contributed by atoms with Gasteiger partial charge in [-0.3, -0.25) is 0 Å². The van der Waals surface area contributed by atoms with E-state index >= 15 is 0 Å². The topological polar surface area (TPSA) is 12.0 Å². The van der Waals surface area contributed by atoms with Crippen LogP contribution in [0.3, 0.4) is 0 Å². The molecule has 1 N–H and O–H groups in total. The van der Waals surface area contributed by atoms with Crippen molar-refractivity contribution >= 4 is 11.6 Å². The van der Waals surface area contributed by atoms with E-state index in [2.05, 4.69) is 18.3 Å². The summed E-state index contributed by atoms with van der Waals surface area (Å²) in [5.74, 6) is 0. The summed E-state index contributed by atoms with van der Waals surface area (Å²) in [7, 11) is 0. The lowest BCUT2D eigenvalue weighted by molar-refractivity contribution is 0.741. The number of hydrogen-bond donors (Lipinski definition) is 1. The van der Waals surface area contributed by atoms with Crippen LogP contribution in [0.2, 0.25) is 0 Å². The molecule has 0 spiro atoms. The summed E-state index contributed by atoms with van der Waals surface area (Å²) in [5.41, 5.74) is 1.23. The minimum atomic E-state index is 0.377. The summed E-state index contributed by atoms with van der Waals surface area (Å²) in [6.45, 7) is 4.11. The van der Waals surface area contributed by atoms with Crippen LogP contribution >= 0.6 is 11.6 Å². The molecule has 1 atom stereocenters. The van der Waals surface area contributed by atoms with Gasteiger partial charge in [-0.05, 0) is 19.9 Å². The van der Waals surface area contributed by atoms with Gasteiger partial charge in [0, 0.05) is 6.04 Å². The summed E-state index contributed by atoms with van der Waals surface area (Å²) in [6.07, 6.45) is 4.05. The Morgan fingerprint density at radius 3 is 2.78 bits per heavy atom. The van der Waals surface area contributed by atoms with Crippen LogP contribution in [0, 0.1) is 0 Å². The molecule has 0 bridgehead atoms. The first-order valence-electron chi connectivity index (χ1n) is 3.00. The van der Waals surface area contributed by atoms with Gasteiger partial charge in [0.05, 0.1) is 0 Å². The van der Waals surface area contributed by atoms with E-state index in [0.717, 1.165) is 5.16 Å². The predicted molar refractivity (Wildman–Crippen MR) is 40.3 cm³/mol. The lowest BCUT2D eigenvalue weighted by Crippen LogP contribution is -2.23. The van der Waals surface area contributed by atoms with E-state index in [1.54, 1.807) is 0 Å².